The number of nitrogens with one attached hydrogen (secondary N) is 9. The van der Waals surface area contributed by atoms with Gasteiger partial charge in [-0.2, -0.15) is 0 Å². The smallest absolute Gasteiger partial charge is 0.303 e. The zero-order valence-corrected chi connectivity index (χ0v) is 36.4. The maximum Gasteiger partial charge on any atom is 0.303 e. The summed E-state index contributed by atoms with van der Waals surface area (Å²) in [6.45, 7) is 3.71. The molecule has 64 heavy (non-hydrogen) atoms. The molecule has 0 heterocycles. The number of aliphatic hydroxyl groups is 4. The van der Waals surface area contributed by atoms with Crippen LogP contribution in [-0.4, -0.2) is 173 Å². The highest BCUT2D eigenvalue weighted by atomic mass is 16.4. The molecule has 0 saturated carbocycles. The maximum atomic E-state index is 13.5. The Morgan fingerprint density at radius 3 is 1.64 bits per heavy atom. The summed E-state index contributed by atoms with van der Waals surface area (Å²) in [6.07, 6.45) is -3.25. The highest BCUT2D eigenvalue weighted by Gasteiger charge is 2.35. The van der Waals surface area contributed by atoms with Gasteiger partial charge in [0.05, 0.1) is 38.4 Å². The third kappa shape index (κ3) is 21.9. The largest absolute Gasteiger partial charge is 0.481 e. The lowest BCUT2D eigenvalue weighted by Gasteiger charge is -2.27. The number of carbonyl (C=O) groups excluding carboxylic acids is 9. The first-order valence-electron chi connectivity index (χ1n) is 20.3. The summed E-state index contributed by atoms with van der Waals surface area (Å²) in [7, 11) is 1.62. The number of Topliss-reactive ketones (excluding diaryl/α,β-unsaturated/α-hetero) is 1. The molecule has 4 unspecified atom stereocenters. The second-order valence-electron chi connectivity index (χ2n) is 13.9. The third-order valence-electron chi connectivity index (χ3n) is 8.97. The molecule has 25 nitrogen and oxygen atoms in total. The summed E-state index contributed by atoms with van der Waals surface area (Å²) in [5.41, 5.74) is 11.6. The van der Waals surface area contributed by atoms with E-state index in [1.165, 1.54) is 6.92 Å². The van der Waals surface area contributed by atoms with Crippen molar-refractivity contribution in [2.24, 2.45) is 5.73 Å². The van der Waals surface area contributed by atoms with E-state index < -0.39 is 141 Å². The van der Waals surface area contributed by atoms with E-state index in [4.69, 9.17) is 5.73 Å². The number of hydrogen-bond acceptors (Lipinski definition) is 17. The monoisotopic (exact) mass is 912 g/mol. The number of ketones is 1. The predicted octanol–water partition coefficient (Wildman–Crippen LogP) is -6.51. The Morgan fingerprint density at radius 1 is 0.672 bits per heavy atom. The number of nitrogens with two attached hydrogens (primary N) is 1. The highest BCUT2D eigenvalue weighted by Crippen LogP contribution is 2.06. The highest BCUT2D eigenvalue weighted by molar-refractivity contribution is 5.98. The van der Waals surface area contributed by atoms with Crippen molar-refractivity contribution >= 4 is 59.4 Å². The minimum absolute atomic E-state index is 0.0865. The molecular formula is C39H64N10O15. The second kappa shape index (κ2) is 31.8. The molecule has 0 radical (unpaired) electrons. The molecule has 7 amide bonds. The molecule has 16 N–H and O–H groups in total. The summed E-state index contributed by atoms with van der Waals surface area (Å²) in [4.78, 5) is 125. The number of carboxylic acids is 1. The molecule has 1 aromatic rings. The van der Waals surface area contributed by atoms with Gasteiger partial charge >= 0.3 is 5.97 Å². The molecule has 0 aliphatic heterocycles. The molecule has 0 bridgehead atoms. The van der Waals surface area contributed by atoms with Crippen LogP contribution >= 0.6 is 0 Å². The van der Waals surface area contributed by atoms with E-state index in [1.807, 2.05) is 19.2 Å². The van der Waals surface area contributed by atoms with E-state index in [-0.39, 0.29) is 25.0 Å². The number of hydrazine groups is 1. The van der Waals surface area contributed by atoms with E-state index >= 15 is 0 Å². The van der Waals surface area contributed by atoms with Crippen LogP contribution in [0, 0.1) is 0 Å². The van der Waals surface area contributed by atoms with Crippen molar-refractivity contribution < 1.29 is 73.5 Å². The van der Waals surface area contributed by atoms with Gasteiger partial charge in [-0.15, -0.1) is 0 Å². The van der Waals surface area contributed by atoms with Crippen molar-refractivity contribution in [2.45, 2.75) is 114 Å². The van der Waals surface area contributed by atoms with Crippen LogP contribution in [0.4, 0.5) is 0 Å². The molecule has 360 valence electrons. The number of likely N-dealkylation sites (N-methyl/N-ethyl adjacent to an activating group) is 1. The fourth-order valence-electron chi connectivity index (χ4n) is 5.50. The van der Waals surface area contributed by atoms with Gasteiger partial charge in [0.25, 0.3) is 0 Å². The van der Waals surface area contributed by atoms with Crippen LogP contribution in [0.5, 0.6) is 0 Å². The predicted molar refractivity (Wildman–Crippen MR) is 226 cm³/mol. The zero-order valence-electron chi connectivity index (χ0n) is 36.4. The number of aliphatic hydroxyl groups excluding tert-OH is 4. The quantitative estimate of drug-likeness (QED) is 0.0187. The number of carbonyl (C=O) groups is 10. The van der Waals surface area contributed by atoms with Gasteiger partial charge in [0.15, 0.2) is 0 Å². The van der Waals surface area contributed by atoms with Gasteiger partial charge in [-0.25, -0.2) is 5.43 Å². The minimum atomic E-state index is -1.92. The normalized spacial score (nSPS) is 15.0. The van der Waals surface area contributed by atoms with Crippen LogP contribution in [0.3, 0.4) is 0 Å². The van der Waals surface area contributed by atoms with Crippen LogP contribution in [0.1, 0.15) is 58.9 Å². The molecule has 0 spiro atoms. The van der Waals surface area contributed by atoms with Crippen molar-refractivity contribution in [1.29, 1.82) is 0 Å². The third-order valence-corrected chi connectivity index (χ3v) is 8.97. The average Bonchev–Trinajstić information content (AvgIpc) is 3.26. The molecule has 25 heteroatoms. The molecule has 0 aromatic heterocycles. The van der Waals surface area contributed by atoms with E-state index in [2.05, 4.69) is 42.8 Å². The Hall–Kier alpha value is -5.96. The molecule has 9 atom stereocenters. The second-order valence-corrected chi connectivity index (χ2v) is 13.9. The SMILES string of the molecule is CC.CNC(CCNNC(Cc1ccccc1)C(=O)N[C@@H](CO)C(=O)NC(CCC(=O)O)C(=O)N[C@@H](CO)C(=O)N[C@H](C(=O)N[C@@H](CC(N)=O)C(=O)NC(C=O)CO)[C@@H](C)O)C(C)=O. The van der Waals surface area contributed by atoms with E-state index in [1.54, 1.807) is 37.4 Å². The van der Waals surface area contributed by atoms with E-state index in [0.717, 1.165) is 6.92 Å². The molecular weight excluding hydrogens is 848 g/mol. The number of carboxylic acid groups (broad SMARTS) is 1. The van der Waals surface area contributed by atoms with Crippen LogP contribution in [0.25, 0.3) is 0 Å². The summed E-state index contributed by atoms with van der Waals surface area (Å²) < 4.78 is 0. The van der Waals surface area contributed by atoms with Crippen LogP contribution in [0.15, 0.2) is 30.3 Å². The maximum absolute atomic E-state index is 13.5. The Kier molecular flexibility index (Phi) is 28.8. The average molecular weight is 913 g/mol. The number of rotatable bonds is 31. The lowest BCUT2D eigenvalue weighted by atomic mass is 10.1. The lowest BCUT2D eigenvalue weighted by molar-refractivity contribution is -0.139. The van der Waals surface area contributed by atoms with Crippen LogP contribution in [-0.2, 0) is 54.4 Å². The summed E-state index contributed by atoms with van der Waals surface area (Å²) in [5.74, 6) is -9.50. The number of aldehydes is 1. The first kappa shape index (κ1) is 58.0. The Labute approximate surface area is 369 Å². The fraction of sp³-hybridized carbons (Fsp3) is 0.590. The van der Waals surface area contributed by atoms with E-state index in [0.29, 0.717) is 12.0 Å². The molecule has 0 saturated heterocycles. The molecule has 0 aliphatic rings. The summed E-state index contributed by atoms with van der Waals surface area (Å²) >= 11 is 0. The van der Waals surface area contributed by atoms with Crippen molar-refractivity contribution in [2.75, 3.05) is 33.4 Å². The Morgan fingerprint density at radius 2 is 1.17 bits per heavy atom. The van der Waals surface area contributed by atoms with Gasteiger partial charge in [0, 0.05) is 13.0 Å². The standard InChI is InChI=1S/C37H58N10O15.C2H6/c1-19(52)23(39-3)11-12-40-47-26(13-21-7-5-4-6-8-21)34(59)45-27(17-50)35(60)42-24(9-10-30(55)56)32(57)44-28(18-51)36(61)46-31(20(2)53)37(62)43-25(14-29(38)54)33(58)41-22(15-48)16-49;1-2/h4-8,15,20,22-28,31,39-40,47,49-51,53H,9-14,16-18H2,1-3H3,(H2,38,54)(H,41,58)(H,42,60)(H,43,62)(H,44,57)(H,45,59)(H,46,61)(H,55,56);1-2H3/t20-,22?,23?,24?,25+,26?,27+,28+,31+;/m1./s1. The molecule has 1 aromatic carbocycles. The van der Waals surface area contributed by atoms with Crippen molar-refractivity contribution in [3.8, 4) is 0 Å². The Balaban J connectivity index is 0.0000195. The molecule has 1 rings (SSSR count). The van der Waals surface area contributed by atoms with Gasteiger partial charge < -0.3 is 73.3 Å². The molecule has 0 fully saturated rings. The van der Waals surface area contributed by atoms with E-state index in [9.17, 15) is 73.5 Å². The minimum Gasteiger partial charge on any atom is -0.481 e. The van der Waals surface area contributed by atoms with Gasteiger partial charge in [-0.3, -0.25) is 48.6 Å². The lowest BCUT2D eigenvalue weighted by Crippen LogP contribution is -2.62. The van der Waals surface area contributed by atoms with Crippen LogP contribution in [0.2, 0.25) is 0 Å². The first-order valence-corrected chi connectivity index (χ1v) is 20.3. The topological polar surface area (TPSA) is 406 Å². The van der Waals surface area contributed by atoms with Crippen molar-refractivity contribution in [3.63, 3.8) is 0 Å². The van der Waals surface area contributed by atoms with Crippen LogP contribution < -0.4 is 53.8 Å². The number of hydrogen-bond donors (Lipinski definition) is 15. The number of amides is 7. The zero-order chi connectivity index (χ0) is 48.9. The van der Waals surface area contributed by atoms with Crippen molar-refractivity contribution in [1.82, 2.24) is 48.1 Å². The number of benzene rings is 1. The summed E-state index contributed by atoms with van der Waals surface area (Å²) in [6, 6.07) is -3.28. The Bertz CT molecular complexity index is 1690. The summed E-state index contributed by atoms with van der Waals surface area (Å²) in [5, 5.41) is 64.7. The van der Waals surface area contributed by atoms with Gasteiger partial charge in [0.2, 0.25) is 41.4 Å². The van der Waals surface area contributed by atoms with Gasteiger partial charge in [-0.1, -0.05) is 44.2 Å². The molecule has 0 aliphatic carbocycles. The van der Waals surface area contributed by atoms with Gasteiger partial charge in [0.1, 0.15) is 54.4 Å². The van der Waals surface area contributed by atoms with Gasteiger partial charge in [-0.05, 0) is 45.7 Å². The number of aliphatic carboxylic acids is 1. The fourth-order valence-corrected chi connectivity index (χ4v) is 5.50. The first-order chi connectivity index (χ1) is 30.3. The number of primary amides is 1. The van der Waals surface area contributed by atoms with Crippen molar-refractivity contribution in [3.05, 3.63) is 35.9 Å².